The van der Waals surface area contributed by atoms with Gasteiger partial charge in [-0.3, -0.25) is 19.3 Å². The standard InChI is InChI=1S/C25H23FN2O4/c1-32-19-9-7-18(8-10-19)27-21(29)13-20(14-3-2-4-17(26)12-14)28-24(30)22-15-5-6-16(11-15)23(22)25(28)31/h2-10,12,15-16,20,22-23H,11,13H2,1H3,(H,27,29). The maximum absolute atomic E-state index is 14.0. The van der Waals surface area contributed by atoms with Crippen LogP contribution in [0.4, 0.5) is 10.1 Å². The van der Waals surface area contributed by atoms with Gasteiger partial charge in [-0.1, -0.05) is 24.3 Å². The molecule has 1 aliphatic heterocycles. The van der Waals surface area contributed by atoms with Gasteiger partial charge in [0.1, 0.15) is 11.6 Å². The fourth-order valence-electron chi connectivity index (χ4n) is 5.37. The highest BCUT2D eigenvalue weighted by Crippen LogP contribution is 2.54. The first-order chi connectivity index (χ1) is 15.5. The van der Waals surface area contributed by atoms with Crippen LogP contribution in [-0.4, -0.2) is 29.7 Å². The maximum Gasteiger partial charge on any atom is 0.234 e. The number of hydrogen-bond acceptors (Lipinski definition) is 4. The monoisotopic (exact) mass is 434 g/mol. The molecule has 7 heteroatoms. The van der Waals surface area contributed by atoms with Crippen LogP contribution in [0.1, 0.15) is 24.4 Å². The van der Waals surface area contributed by atoms with E-state index >= 15 is 0 Å². The summed E-state index contributed by atoms with van der Waals surface area (Å²) in [4.78, 5) is 40.8. The molecule has 1 saturated carbocycles. The number of fused-ring (bicyclic) bond motifs is 5. The summed E-state index contributed by atoms with van der Waals surface area (Å²) < 4.78 is 19.1. The molecule has 2 aromatic rings. The molecule has 2 aromatic carbocycles. The van der Waals surface area contributed by atoms with Gasteiger partial charge in [-0.15, -0.1) is 0 Å². The first-order valence-electron chi connectivity index (χ1n) is 10.7. The molecule has 2 aliphatic carbocycles. The number of hydrogen-bond donors (Lipinski definition) is 1. The van der Waals surface area contributed by atoms with Crippen LogP contribution in [0.5, 0.6) is 5.75 Å². The Labute approximate surface area is 185 Å². The lowest BCUT2D eigenvalue weighted by Gasteiger charge is -2.28. The van der Waals surface area contributed by atoms with Gasteiger partial charge in [0, 0.05) is 5.69 Å². The van der Waals surface area contributed by atoms with E-state index in [0.29, 0.717) is 17.0 Å². The number of rotatable bonds is 6. The Morgan fingerprint density at radius 1 is 1.09 bits per heavy atom. The van der Waals surface area contributed by atoms with Crippen molar-refractivity contribution in [2.75, 3.05) is 12.4 Å². The molecule has 1 N–H and O–H groups in total. The topological polar surface area (TPSA) is 75.7 Å². The van der Waals surface area contributed by atoms with Crippen molar-refractivity contribution in [2.24, 2.45) is 23.7 Å². The first-order valence-corrected chi connectivity index (χ1v) is 10.7. The Balaban J connectivity index is 1.42. The van der Waals surface area contributed by atoms with Crippen molar-refractivity contribution in [1.29, 1.82) is 0 Å². The van der Waals surface area contributed by atoms with Crippen LogP contribution in [0, 0.1) is 29.5 Å². The number of halogens is 1. The number of imide groups is 1. The molecule has 0 radical (unpaired) electrons. The third-order valence-corrected chi connectivity index (χ3v) is 6.80. The normalized spacial score (nSPS) is 26.4. The number of methoxy groups -OCH3 is 1. The Hall–Kier alpha value is -3.48. The highest BCUT2D eigenvalue weighted by molar-refractivity contribution is 6.07. The number of carbonyl (C=O) groups excluding carboxylic acids is 3. The quantitative estimate of drug-likeness (QED) is 0.556. The molecule has 0 aromatic heterocycles. The van der Waals surface area contributed by atoms with Crippen molar-refractivity contribution in [1.82, 2.24) is 4.90 Å². The van der Waals surface area contributed by atoms with Gasteiger partial charge in [0.15, 0.2) is 0 Å². The zero-order chi connectivity index (χ0) is 22.4. The van der Waals surface area contributed by atoms with E-state index < -0.39 is 11.9 Å². The number of carbonyl (C=O) groups is 3. The van der Waals surface area contributed by atoms with Crippen molar-refractivity contribution in [3.63, 3.8) is 0 Å². The highest BCUT2D eigenvalue weighted by Gasteiger charge is 2.60. The van der Waals surface area contributed by atoms with Gasteiger partial charge in [0.2, 0.25) is 17.7 Å². The number of nitrogens with zero attached hydrogens (tertiary/aromatic N) is 1. The van der Waals surface area contributed by atoms with Gasteiger partial charge >= 0.3 is 0 Å². The molecule has 5 atom stereocenters. The van der Waals surface area contributed by atoms with Gasteiger partial charge in [-0.2, -0.15) is 0 Å². The van der Waals surface area contributed by atoms with Crippen molar-refractivity contribution < 1.29 is 23.5 Å². The molecule has 1 heterocycles. The molecule has 1 saturated heterocycles. The fraction of sp³-hybridized carbons (Fsp3) is 0.320. The maximum atomic E-state index is 14.0. The van der Waals surface area contributed by atoms with Crippen LogP contribution in [0.2, 0.25) is 0 Å². The number of allylic oxidation sites excluding steroid dienone is 2. The number of ether oxygens (including phenoxy) is 1. The molecule has 5 unspecified atom stereocenters. The lowest BCUT2D eigenvalue weighted by atomic mass is 9.85. The van der Waals surface area contributed by atoms with Crippen LogP contribution < -0.4 is 10.1 Å². The lowest BCUT2D eigenvalue weighted by Crippen LogP contribution is -2.38. The molecule has 3 aliphatic rings. The molecule has 164 valence electrons. The number of nitrogens with one attached hydrogen (secondary N) is 1. The van der Waals surface area contributed by atoms with E-state index in [0.717, 1.165) is 6.42 Å². The van der Waals surface area contributed by atoms with Gasteiger partial charge in [0.05, 0.1) is 31.4 Å². The van der Waals surface area contributed by atoms with Crippen LogP contribution in [0.15, 0.2) is 60.7 Å². The number of benzene rings is 2. The predicted octanol–water partition coefficient (Wildman–Crippen LogP) is 3.71. The van der Waals surface area contributed by atoms with E-state index in [1.54, 1.807) is 37.4 Å². The molecule has 3 amide bonds. The van der Waals surface area contributed by atoms with Gasteiger partial charge < -0.3 is 10.1 Å². The first kappa shape index (κ1) is 20.4. The van der Waals surface area contributed by atoms with E-state index in [4.69, 9.17) is 4.74 Å². The fourth-order valence-corrected chi connectivity index (χ4v) is 5.37. The zero-order valence-corrected chi connectivity index (χ0v) is 17.5. The van der Waals surface area contributed by atoms with Crippen molar-refractivity contribution in [3.8, 4) is 5.75 Å². The second kappa shape index (κ2) is 7.89. The van der Waals surface area contributed by atoms with Gasteiger partial charge in [-0.05, 0) is 60.2 Å². The summed E-state index contributed by atoms with van der Waals surface area (Å²) >= 11 is 0. The second-order valence-corrected chi connectivity index (χ2v) is 8.60. The molecule has 6 nitrogen and oxygen atoms in total. The molecular formula is C25H23FN2O4. The zero-order valence-electron chi connectivity index (χ0n) is 17.5. The number of anilines is 1. The predicted molar refractivity (Wildman–Crippen MR) is 115 cm³/mol. The largest absolute Gasteiger partial charge is 0.497 e. The number of amides is 3. The van der Waals surface area contributed by atoms with Crippen LogP contribution in [0.25, 0.3) is 0 Å². The second-order valence-electron chi connectivity index (χ2n) is 8.60. The van der Waals surface area contributed by atoms with E-state index in [2.05, 4.69) is 5.32 Å². The summed E-state index contributed by atoms with van der Waals surface area (Å²) in [5.41, 5.74) is 0.990. The molecule has 2 bridgehead atoms. The third kappa shape index (κ3) is 3.38. The average Bonchev–Trinajstić information content (AvgIpc) is 3.47. The van der Waals surface area contributed by atoms with Gasteiger partial charge in [0.25, 0.3) is 0 Å². The van der Waals surface area contributed by atoms with Crippen molar-refractivity contribution in [3.05, 3.63) is 72.1 Å². The average molecular weight is 434 g/mol. The van der Waals surface area contributed by atoms with E-state index in [1.165, 1.54) is 23.1 Å². The lowest BCUT2D eigenvalue weighted by molar-refractivity contribution is -0.144. The van der Waals surface area contributed by atoms with Crippen LogP contribution >= 0.6 is 0 Å². The van der Waals surface area contributed by atoms with Gasteiger partial charge in [-0.25, -0.2) is 4.39 Å². The summed E-state index contributed by atoms with van der Waals surface area (Å²) in [6, 6.07) is 11.7. The Kier molecular flexibility index (Phi) is 5.04. The Morgan fingerprint density at radius 2 is 1.75 bits per heavy atom. The smallest absolute Gasteiger partial charge is 0.234 e. The summed E-state index contributed by atoms with van der Waals surface area (Å²) in [7, 11) is 1.55. The van der Waals surface area contributed by atoms with E-state index in [9.17, 15) is 18.8 Å². The summed E-state index contributed by atoms with van der Waals surface area (Å²) in [6.07, 6.45) is 4.71. The molecule has 32 heavy (non-hydrogen) atoms. The third-order valence-electron chi connectivity index (χ3n) is 6.80. The summed E-state index contributed by atoms with van der Waals surface area (Å²) in [5.74, 6) is -1.35. The van der Waals surface area contributed by atoms with E-state index in [-0.39, 0.29) is 47.8 Å². The molecule has 5 rings (SSSR count). The van der Waals surface area contributed by atoms with Crippen molar-refractivity contribution >= 4 is 23.4 Å². The minimum Gasteiger partial charge on any atom is -0.497 e. The Morgan fingerprint density at radius 3 is 2.34 bits per heavy atom. The Bertz CT molecular complexity index is 1080. The van der Waals surface area contributed by atoms with Crippen LogP contribution in [0.3, 0.4) is 0 Å². The van der Waals surface area contributed by atoms with Crippen LogP contribution in [-0.2, 0) is 14.4 Å². The minimum atomic E-state index is -0.867. The minimum absolute atomic E-state index is 0.0627. The molecule has 2 fully saturated rings. The number of likely N-dealkylation sites (tertiary alicyclic amines) is 1. The molecular weight excluding hydrogens is 411 g/mol. The van der Waals surface area contributed by atoms with E-state index in [1.807, 2.05) is 12.2 Å². The summed E-state index contributed by atoms with van der Waals surface area (Å²) in [5, 5.41) is 2.79. The van der Waals surface area contributed by atoms with Crippen molar-refractivity contribution in [2.45, 2.75) is 18.9 Å². The highest BCUT2D eigenvalue weighted by atomic mass is 19.1. The summed E-state index contributed by atoms with van der Waals surface area (Å²) in [6.45, 7) is 0. The molecule has 0 spiro atoms. The SMILES string of the molecule is COc1ccc(NC(=O)CC(c2cccc(F)c2)N2C(=O)C3C4C=CC(C4)C3C2=O)cc1.